The summed E-state index contributed by atoms with van der Waals surface area (Å²) in [5.41, 5.74) is 3.39. The van der Waals surface area contributed by atoms with E-state index in [4.69, 9.17) is 9.47 Å². The van der Waals surface area contributed by atoms with E-state index in [-0.39, 0.29) is 0 Å². The second kappa shape index (κ2) is 11.8. The number of ether oxygens (including phenoxy) is 2. The average molecular weight is 367 g/mol. The molecule has 0 atom stereocenters. The molecule has 0 aromatic heterocycles. The van der Waals surface area contributed by atoms with Crippen LogP contribution in [0.15, 0.2) is 66.2 Å². The number of hydrogen-bond acceptors (Lipinski definition) is 3. The maximum Gasteiger partial charge on any atom is 0.191 e. The molecule has 2 N–H and O–H groups in total. The number of para-hydroxylation sites is 1. The van der Waals surface area contributed by atoms with Crippen LogP contribution in [-0.4, -0.2) is 26.2 Å². The van der Waals surface area contributed by atoms with Gasteiger partial charge in [-0.1, -0.05) is 55.1 Å². The molecule has 5 heteroatoms. The van der Waals surface area contributed by atoms with Crippen LogP contribution in [0.2, 0.25) is 0 Å². The monoisotopic (exact) mass is 367 g/mol. The van der Waals surface area contributed by atoms with Crippen molar-refractivity contribution in [2.24, 2.45) is 4.99 Å². The maximum atomic E-state index is 5.71. The lowest BCUT2D eigenvalue weighted by molar-refractivity contribution is 0.185. The minimum atomic E-state index is 0.490. The van der Waals surface area contributed by atoms with E-state index in [1.54, 1.807) is 13.2 Å². The first-order valence-electron chi connectivity index (χ1n) is 9.17. The summed E-state index contributed by atoms with van der Waals surface area (Å²) in [6.45, 7) is 8.90. The Morgan fingerprint density at radius 1 is 1.07 bits per heavy atom. The van der Waals surface area contributed by atoms with Crippen LogP contribution in [0, 0.1) is 0 Å². The number of guanidine groups is 1. The third-order valence-corrected chi connectivity index (χ3v) is 3.87. The highest BCUT2D eigenvalue weighted by Crippen LogP contribution is 2.17. The zero-order valence-corrected chi connectivity index (χ0v) is 16.2. The Labute approximate surface area is 162 Å². The zero-order chi connectivity index (χ0) is 19.3. The van der Waals surface area contributed by atoms with Gasteiger partial charge in [0.2, 0.25) is 0 Å². The standard InChI is InChI=1S/C22H29N3O2/c1-4-14-27-21-9-7-6-8-20(21)16-25-22(23-5-2)24-15-18-10-12-19(13-11-18)17-26-3/h4,6-13H,1,5,14-17H2,2-3H3,(H2,23,24,25). The Morgan fingerprint density at radius 2 is 1.81 bits per heavy atom. The summed E-state index contributed by atoms with van der Waals surface area (Å²) in [4.78, 5) is 4.67. The fraction of sp³-hybridized carbons (Fsp3) is 0.318. The van der Waals surface area contributed by atoms with Gasteiger partial charge in [0.05, 0.1) is 13.2 Å². The first-order valence-corrected chi connectivity index (χ1v) is 9.17. The zero-order valence-electron chi connectivity index (χ0n) is 16.2. The van der Waals surface area contributed by atoms with Gasteiger partial charge in [0.1, 0.15) is 12.4 Å². The first kappa shape index (κ1) is 20.5. The number of hydrogen-bond donors (Lipinski definition) is 2. The molecular formula is C22H29N3O2. The summed E-state index contributed by atoms with van der Waals surface area (Å²) >= 11 is 0. The molecule has 0 aliphatic carbocycles. The van der Waals surface area contributed by atoms with Crippen molar-refractivity contribution < 1.29 is 9.47 Å². The number of rotatable bonds is 10. The summed E-state index contributed by atoms with van der Waals surface area (Å²) < 4.78 is 10.9. The van der Waals surface area contributed by atoms with Crippen LogP contribution in [0.25, 0.3) is 0 Å². The fourth-order valence-electron chi connectivity index (χ4n) is 2.54. The molecule has 0 saturated carbocycles. The highest BCUT2D eigenvalue weighted by atomic mass is 16.5. The molecule has 2 aromatic carbocycles. The van der Waals surface area contributed by atoms with E-state index in [9.17, 15) is 0 Å². The Hall–Kier alpha value is -2.79. The third kappa shape index (κ3) is 7.15. The largest absolute Gasteiger partial charge is 0.489 e. The van der Waals surface area contributed by atoms with Crippen LogP contribution >= 0.6 is 0 Å². The molecule has 0 heterocycles. The van der Waals surface area contributed by atoms with Gasteiger partial charge in [0.15, 0.2) is 5.96 Å². The summed E-state index contributed by atoms with van der Waals surface area (Å²) in [6, 6.07) is 16.3. The molecule has 2 aromatic rings. The van der Waals surface area contributed by atoms with E-state index in [1.165, 1.54) is 0 Å². The van der Waals surface area contributed by atoms with Gasteiger partial charge in [-0.25, -0.2) is 4.99 Å². The van der Waals surface area contributed by atoms with Crippen LogP contribution in [0.1, 0.15) is 23.6 Å². The Balaban J connectivity index is 1.98. The highest BCUT2D eigenvalue weighted by molar-refractivity contribution is 5.79. The van der Waals surface area contributed by atoms with Gasteiger partial charge in [-0.2, -0.15) is 0 Å². The number of nitrogens with zero attached hydrogens (tertiary/aromatic N) is 1. The molecule has 0 radical (unpaired) electrons. The van der Waals surface area contributed by atoms with E-state index in [2.05, 4.69) is 53.4 Å². The second-order valence-corrected chi connectivity index (χ2v) is 6.01. The summed E-state index contributed by atoms with van der Waals surface area (Å²) in [5.74, 6) is 1.63. The van der Waals surface area contributed by atoms with Crippen LogP contribution in [-0.2, 0) is 24.4 Å². The van der Waals surface area contributed by atoms with E-state index in [0.717, 1.165) is 34.9 Å². The molecule has 144 valence electrons. The van der Waals surface area contributed by atoms with E-state index in [1.807, 2.05) is 24.3 Å². The normalized spacial score (nSPS) is 11.1. The first-order chi connectivity index (χ1) is 13.3. The van der Waals surface area contributed by atoms with E-state index >= 15 is 0 Å². The van der Waals surface area contributed by atoms with Crippen molar-refractivity contribution >= 4 is 5.96 Å². The molecular weight excluding hydrogens is 338 g/mol. The lowest BCUT2D eigenvalue weighted by atomic mass is 10.1. The minimum absolute atomic E-state index is 0.490. The lowest BCUT2D eigenvalue weighted by Gasteiger charge is -2.14. The van der Waals surface area contributed by atoms with E-state index < -0.39 is 0 Å². The number of aliphatic imine (C=N–C) groups is 1. The van der Waals surface area contributed by atoms with Gasteiger partial charge in [0.25, 0.3) is 0 Å². The fourth-order valence-corrected chi connectivity index (χ4v) is 2.54. The summed E-state index contributed by atoms with van der Waals surface area (Å²) in [6.07, 6.45) is 1.74. The number of methoxy groups -OCH3 is 1. The van der Waals surface area contributed by atoms with Crippen molar-refractivity contribution in [2.75, 3.05) is 20.3 Å². The van der Waals surface area contributed by atoms with E-state index in [0.29, 0.717) is 26.3 Å². The summed E-state index contributed by atoms with van der Waals surface area (Å²) in [5, 5.41) is 6.65. The van der Waals surface area contributed by atoms with Gasteiger partial charge in [0, 0.05) is 25.8 Å². The molecule has 5 nitrogen and oxygen atoms in total. The van der Waals surface area contributed by atoms with Crippen molar-refractivity contribution in [2.45, 2.75) is 26.6 Å². The van der Waals surface area contributed by atoms with Crippen LogP contribution in [0.3, 0.4) is 0 Å². The highest BCUT2D eigenvalue weighted by Gasteiger charge is 2.04. The van der Waals surface area contributed by atoms with Crippen molar-refractivity contribution in [3.63, 3.8) is 0 Å². The topological polar surface area (TPSA) is 54.9 Å². The molecule has 0 aliphatic rings. The average Bonchev–Trinajstić information content (AvgIpc) is 2.70. The predicted molar refractivity (Wildman–Crippen MR) is 111 cm³/mol. The van der Waals surface area contributed by atoms with Gasteiger partial charge in [-0.05, 0) is 24.1 Å². The Bertz CT molecular complexity index is 727. The second-order valence-electron chi connectivity index (χ2n) is 6.01. The predicted octanol–water partition coefficient (Wildman–Crippen LogP) is 3.65. The molecule has 0 spiro atoms. The molecule has 0 amide bonds. The summed E-state index contributed by atoms with van der Waals surface area (Å²) in [7, 11) is 1.70. The number of nitrogens with one attached hydrogen (secondary N) is 2. The van der Waals surface area contributed by atoms with Gasteiger partial charge in [-0.15, -0.1) is 0 Å². The molecule has 0 unspecified atom stereocenters. The Kier molecular flexibility index (Phi) is 8.93. The van der Waals surface area contributed by atoms with Crippen molar-refractivity contribution in [1.29, 1.82) is 0 Å². The molecule has 27 heavy (non-hydrogen) atoms. The van der Waals surface area contributed by atoms with Crippen LogP contribution in [0.4, 0.5) is 0 Å². The van der Waals surface area contributed by atoms with Crippen LogP contribution < -0.4 is 15.4 Å². The van der Waals surface area contributed by atoms with Crippen LogP contribution in [0.5, 0.6) is 5.75 Å². The molecule has 0 aliphatic heterocycles. The van der Waals surface area contributed by atoms with Crippen molar-refractivity contribution in [3.05, 3.63) is 77.9 Å². The van der Waals surface area contributed by atoms with Crippen molar-refractivity contribution in [3.8, 4) is 5.75 Å². The lowest BCUT2D eigenvalue weighted by Crippen LogP contribution is -2.36. The molecule has 0 bridgehead atoms. The van der Waals surface area contributed by atoms with Gasteiger partial charge >= 0.3 is 0 Å². The van der Waals surface area contributed by atoms with Gasteiger partial charge < -0.3 is 20.1 Å². The molecule has 0 fully saturated rings. The third-order valence-electron chi connectivity index (χ3n) is 3.87. The molecule has 0 saturated heterocycles. The molecule has 2 rings (SSSR count). The SMILES string of the molecule is C=CCOc1ccccc1CNC(=NCc1ccc(COC)cc1)NCC. The van der Waals surface area contributed by atoms with Crippen molar-refractivity contribution in [1.82, 2.24) is 10.6 Å². The minimum Gasteiger partial charge on any atom is -0.489 e. The Morgan fingerprint density at radius 3 is 2.52 bits per heavy atom. The number of benzene rings is 2. The maximum absolute atomic E-state index is 5.71. The smallest absolute Gasteiger partial charge is 0.191 e. The quantitative estimate of drug-likeness (QED) is 0.382. The van der Waals surface area contributed by atoms with Gasteiger partial charge in [-0.3, -0.25) is 0 Å².